The number of nitrogens with zero attached hydrogens (tertiary/aromatic N) is 3. The summed E-state index contributed by atoms with van der Waals surface area (Å²) in [6.45, 7) is 9.99. The van der Waals surface area contributed by atoms with Gasteiger partial charge in [-0.15, -0.1) is 0 Å². The van der Waals surface area contributed by atoms with Crippen molar-refractivity contribution in [3.05, 3.63) is 33.3 Å². The summed E-state index contributed by atoms with van der Waals surface area (Å²) >= 11 is 11.6. The molecule has 0 saturated heterocycles. The van der Waals surface area contributed by atoms with Crippen molar-refractivity contribution < 1.29 is 9.47 Å². The van der Waals surface area contributed by atoms with Crippen LogP contribution in [-0.4, -0.2) is 34.3 Å². The van der Waals surface area contributed by atoms with Gasteiger partial charge in [0.2, 0.25) is 4.77 Å². The van der Waals surface area contributed by atoms with Crippen LogP contribution in [0.15, 0.2) is 17.2 Å². The second kappa shape index (κ2) is 7.58. The minimum Gasteiger partial charge on any atom is -0.493 e. The van der Waals surface area contributed by atoms with Crippen LogP contribution in [0.2, 0.25) is 5.02 Å². The number of nitrogens with one attached hydrogen (secondary N) is 1. The molecule has 0 unspecified atom stereocenters. The molecule has 0 radical (unpaired) electrons. The van der Waals surface area contributed by atoms with Crippen molar-refractivity contribution in [1.29, 1.82) is 0 Å². The van der Waals surface area contributed by atoms with Crippen LogP contribution >= 0.6 is 23.8 Å². The van der Waals surface area contributed by atoms with E-state index >= 15 is 0 Å². The highest BCUT2D eigenvalue weighted by Gasteiger charge is 2.21. The number of halogens is 1. The highest BCUT2D eigenvalue weighted by Crippen LogP contribution is 2.36. The molecule has 0 bridgehead atoms. The van der Waals surface area contributed by atoms with Crippen molar-refractivity contribution in [2.24, 2.45) is 5.10 Å². The lowest BCUT2D eigenvalue weighted by molar-refractivity contribution is 0.230. The van der Waals surface area contributed by atoms with E-state index in [1.54, 1.807) is 24.1 Å². The van der Waals surface area contributed by atoms with E-state index in [4.69, 9.17) is 33.3 Å². The number of aromatic amines is 1. The van der Waals surface area contributed by atoms with E-state index in [0.29, 0.717) is 21.3 Å². The van der Waals surface area contributed by atoms with Gasteiger partial charge >= 0.3 is 0 Å². The van der Waals surface area contributed by atoms with Gasteiger partial charge in [-0.3, -0.25) is 5.10 Å². The number of rotatable bonds is 5. The predicted molar refractivity (Wildman–Crippen MR) is 103 cm³/mol. The largest absolute Gasteiger partial charge is 0.493 e. The number of methoxy groups -OCH3 is 1. The Balaban J connectivity index is 2.42. The van der Waals surface area contributed by atoms with Crippen LogP contribution in [-0.2, 0) is 5.41 Å². The average molecular weight is 383 g/mol. The van der Waals surface area contributed by atoms with Crippen LogP contribution < -0.4 is 9.47 Å². The molecule has 0 aliphatic carbocycles. The van der Waals surface area contributed by atoms with Gasteiger partial charge in [-0.2, -0.15) is 14.9 Å². The van der Waals surface area contributed by atoms with Gasteiger partial charge in [0.1, 0.15) is 0 Å². The first-order valence-electron chi connectivity index (χ1n) is 7.90. The Kier molecular flexibility index (Phi) is 5.90. The third-order valence-electron chi connectivity index (χ3n) is 3.25. The maximum atomic E-state index is 6.34. The Bertz CT molecular complexity index is 834. The van der Waals surface area contributed by atoms with Crippen LogP contribution in [0.4, 0.5) is 0 Å². The van der Waals surface area contributed by atoms with E-state index in [2.05, 4.69) is 15.3 Å². The standard InChI is InChI=1S/C17H23ClN4O2S/c1-10(2)24-14-12(18)7-11(8-13(14)23-6)9-19-22-15(17(3,4)5)20-21-16(22)25/h7-10H,1-6H3,(H,21,25)/b19-9-. The zero-order chi connectivity index (χ0) is 18.8. The van der Waals surface area contributed by atoms with Crippen LogP contribution in [0.1, 0.15) is 46.0 Å². The highest BCUT2D eigenvalue weighted by molar-refractivity contribution is 7.71. The van der Waals surface area contributed by atoms with Crippen LogP contribution in [0.5, 0.6) is 11.5 Å². The van der Waals surface area contributed by atoms with Crippen LogP contribution in [0.3, 0.4) is 0 Å². The lowest BCUT2D eigenvalue weighted by atomic mass is 9.96. The summed E-state index contributed by atoms with van der Waals surface area (Å²) in [5, 5.41) is 11.9. The number of ether oxygens (including phenoxy) is 2. The van der Waals surface area contributed by atoms with Crippen molar-refractivity contribution in [2.45, 2.75) is 46.1 Å². The van der Waals surface area contributed by atoms with Gasteiger partial charge in [0.05, 0.1) is 24.5 Å². The molecule has 0 fully saturated rings. The summed E-state index contributed by atoms with van der Waals surface area (Å²) in [4.78, 5) is 0. The van der Waals surface area contributed by atoms with E-state index in [1.165, 1.54) is 0 Å². The van der Waals surface area contributed by atoms with Crippen molar-refractivity contribution in [2.75, 3.05) is 7.11 Å². The molecule has 25 heavy (non-hydrogen) atoms. The van der Waals surface area contributed by atoms with Gasteiger partial charge in [-0.05, 0) is 43.8 Å². The Labute approximate surface area is 157 Å². The zero-order valence-corrected chi connectivity index (χ0v) is 16.8. The van der Waals surface area contributed by atoms with Crippen LogP contribution in [0.25, 0.3) is 0 Å². The molecule has 1 heterocycles. The summed E-state index contributed by atoms with van der Waals surface area (Å²) in [5.74, 6) is 1.81. The van der Waals surface area contributed by atoms with E-state index in [9.17, 15) is 0 Å². The summed E-state index contributed by atoms with van der Waals surface area (Å²) in [6.07, 6.45) is 1.65. The average Bonchev–Trinajstić information content (AvgIpc) is 2.88. The molecule has 0 saturated carbocycles. The monoisotopic (exact) mass is 382 g/mol. The van der Waals surface area contributed by atoms with E-state index < -0.39 is 0 Å². The fraction of sp³-hybridized carbons (Fsp3) is 0.471. The van der Waals surface area contributed by atoms with Gasteiger partial charge in [0, 0.05) is 5.41 Å². The van der Waals surface area contributed by atoms with Gasteiger partial charge in [0.15, 0.2) is 17.3 Å². The SMILES string of the molecule is COc1cc(/C=N\n2c(C(C)(C)C)n[nH]c2=S)cc(Cl)c1OC(C)C. The smallest absolute Gasteiger partial charge is 0.216 e. The summed E-state index contributed by atoms with van der Waals surface area (Å²) in [6, 6.07) is 3.58. The summed E-state index contributed by atoms with van der Waals surface area (Å²) < 4.78 is 13.1. The Morgan fingerprint density at radius 1 is 1.36 bits per heavy atom. The fourth-order valence-corrected chi connectivity index (χ4v) is 2.62. The van der Waals surface area contributed by atoms with Gasteiger partial charge in [-0.25, -0.2) is 0 Å². The number of hydrogen-bond acceptors (Lipinski definition) is 5. The van der Waals surface area contributed by atoms with E-state index in [-0.39, 0.29) is 11.5 Å². The lowest BCUT2D eigenvalue weighted by Gasteiger charge is -2.16. The molecule has 2 aromatic rings. The number of H-pyrrole nitrogens is 1. The van der Waals surface area contributed by atoms with Gasteiger partial charge in [-0.1, -0.05) is 32.4 Å². The number of benzene rings is 1. The Morgan fingerprint density at radius 3 is 2.60 bits per heavy atom. The summed E-state index contributed by atoms with van der Waals surface area (Å²) in [7, 11) is 1.57. The molecule has 136 valence electrons. The van der Waals surface area contributed by atoms with Crippen molar-refractivity contribution >= 4 is 30.0 Å². The first-order chi connectivity index (χ1) is 11.6. The Morgan fingerprint density at radius 2 is 2.04 bits per heavy atom. The molecule has 0 amide bonds. The van der Waals surface area contributed by atoms with Crippen molar-refractivity contribution in [1.82, 2.24) is 14.9 Å². The highest BCUT2D eigenvalue weighted by atomic mass is 35.5. The molecular formula is C17H23ClN4O2S. The Hall–Kier alpha value is -1.86. The molecule has 0 atom stereocenters. The fourth-order valence-electron chi connectivity index (χ4n) is 2.17. The van der Waals surface area contributed by atoms with Crippen LogP contribution in [0, 0.1) is 4.77 Å². The molecule has 1 aromatic carbocycles. The number of aromatic nitrogens is 3. The zero-order valence-electron chi connectivity index (χ0n) is 15.3. The minimum absolute atomic E-state index is 0.00970. The summed E-state index contributed by atoms with van der Waals surface area (Å²) in [5.41, 5.74) is 0.566. The first kappa shape index (κ1) is 19.5. The van der Waals surface area contributed by atoms with Gasteiger partial charge < -0.3 is 9.47 Å². The third-order valence-corrected chi connectivity index (χ3v) is 3.79. The van der Waals surface area contributed by atoms with Crippen molar-refractivity contribution in [3.63, 3.8) is 0 Å². The quantitative estimate of drug-likeness (QED) is 0.607. The molecule has 1 aromatic heterocycles. The van der Waals surface area contributed by atoms with E-state index in [0.717, 1.165) is 11.4 Å². The third kappa shape index (κ3) is 4.61. The molecule has 2 rings (SSSR count). The molecule has 6 nitrogen and oxygen atoms in total. The molecule has 0 spiro atoms. The van der Waals surface area contributed by atoms with Crippen molar-refractivity contribution in [3.8, 4) is 11.5 Å². The second-order valence-electron chi connectivity index (χ2n) is 6.86. The van der Waals surface area contributed by atoms with Gasteiger partial charge in [0.25, 0.3) is 0 Å². The second-order valence-corrected chi connectivity index (χ2v) is 7.65. The predicted octanol–water partition coefficient (Wildman–Crippen LogP) is 4.57. The lowest BCUT2D eigenvalue weighted by Crippen LogP contribution is -2.17. The molecular weight excluding hydrogens is 360 g/mol. The minimum atomic E-state index is -0.199. The molecule has 8 heteroatoms. The molecule has 0 aliphatic rings. The molecule has 0 aliphatic heterocycles. The maximum absolute atomic E-state index is 6.34. The topological polar surface area (TPSA) is 64.4 Å². The molecule has 1 N–H and O–H groups in total. The maximum Gasteiger partial charge on any atom is 0.216 e. The number of hydrogen-bond donors (Lipinski definition) is 1. The first-order valence-corrected chi connectivity index (χ1v) is 8.68. The van der Waals surface area contributed by atoms with E-state index in [1.807, 2.05) is 40.7 Å². The normalized spacial score (nSPS) is 12.2.